The first-order valence-corrected chi connectivity index (χ1v) is 7.25. The van der Waals surface area contributed by atoms with Gasteiger partial charge in [0.1, 0.15) is 11.1 Å². The normalized spacial score (nSPS) is 11.7. The lowest BCUT2D eigenvalue weighted by Crippen LogP contribution is -2.34. The summed E-state index contributed by atoms with van der Waals surface area (Å²) in [5.41, 5.74) is 2.24. The molecule has 2 rings (SSSR count). The van der Waals surface area contributed by atoms with Gasteiger partial charge in [0.2, 0.25) is 6.20 Å². The molecule has 1 aromatic carbocycles. The molecule has 0 radical (unpaired) electrons. The van der Waals surface area contributed by atoms with Gasteiger partial charge in [-0.25, -0.2) is 4.79 Å². The second-order valence-corrected chi connectivity index (χ2v) is 6.52. The van der Waals surface area contributed by atoms with Crippen LogP contribution in [0.15, 0.2) is 18.3 Å². The van der Waals surface area contributed by atoms with E-state index in [2.05, 4.69) is 5.10 Å². The standard InChI is InChI=1S/C16H23N3O3/c1-16(2,3)22-15(21)18(4)8-11-6-7-12(10-20)13-9-19(5)17-14(11)13/h6-7,9,20H,8,10H2,1-5H3/p+1. The SMILES string of the molecule is CN(Cc1ccc(CO)c2c[n+](C)[nH]c12)C(=O)OC(C)(C)C. The van der Waals surface area contributed by atoms with Crippen LogP contribution in [0.4, 0.5) is 4.79 Å². The maximum atomic E-state index is 12.1. The Labute approximate surface area is 130 Å². The number of aliphatic hydroxyl groups is 1. The van der Waals surface area contributed by atoms with Crippen molar-refractivity contribution in [2.24, 2.45) is 7.05 Å². The van der Waals surface area contributed by atoms with Gasteiger partial charge in [0, 0.05) is 12.6 Å². The zero-order valence-electron chi connectivity index (χ0n) is 13.8. The first-order valence-electron chi connectivity index (χ1n) is 7.25. The van der Waals surface area contributed by atoms with Gasteiger partial charge in [-0.05, 0) is 26.3 Å². The first-order chi connectivity index (χ1) is 10.2. The van der Waals surface area contributed by atoms with Gasteiger partial charge in [0.15, 0.2) is 7.05 Å². The maximum Gasteiger partial charge on any atom is 0.410 e. The number of fused-ring (bicyclic) bond motifs is 1. The van der Waals surface area contributed by atoms with Gasteiger partial charge in [-0.3, -0.25) is 0 Å². The number of carbonyl (C=O) groups is 1. The highest BCUT2D eigenvalue weighted by Gasteiger charge is 2.21. The van der Waals surface area contributed by atoms with Crippen molar-refractivity contribution in [2.45, 2.75) is 39.5 Å². The summed E-state index contributed by atoms with van der Waals surface area (Å²) < 4.78 is 7.20. The quantitative estimate of drug-likeness (QED) is 0.850. The second kappa shape index (κ2) is 5.96. The van der Waals surface area contributed by atoms with E-state index in [1.165, 1.54) is 0 Å². The highest BCUT2D eigenvalue weighted by molar-refractivity contribution is 5.84. The third kappa shape index (κ3) is 3.57. The van der Waals surface area contributed by atoms with E-state index in [4.69, 9.17) is 4.74 Å². The number of carbonyl (C=O) groups excluding carboxylic acids is 1. The number of aryl methyl sites for hydroxylation is 1. The van der Waals surface area contributed by atoms with Crippen molar-refractivity contribution in [1.82, 2.24) is 10.00 Å². The molecule has 1 amide bonds. The summed E-state index contributed by atoms with van der Waals surface area (Å²) in [5, 5.41) is 13.6. The molecule has 6 heteroatoms. The van der Waals surface area contributed by atoms with Crippen LogP contribution < -0.4 is 4.68 Å². The third-order valence-corrected chi connectivity index (χ3v) is 3.32. The van der Waals surface area contributed by atoms with Gasteiger partial charge in [-0.2, -0.15) is 5.10 Å². The molecule has 0 fully saturated rings. The Kier molecular flexibility index (Phi) is 4.42. The number of aliphatic hydroxyl groups excluding tert-OH is 1. The molecular weight excluding hydrogens is 282 g/mol. The van der Waals surface area contributed by atoms with Gasteiger partial charge >= 0.3 is 6.09 Å². The van der Waals surface area contributed by atoms with Crippen molar-refractivity contribution in [3.8, 4) is 0 Å². The highest BCUT2D eigenvalue weighted by atomic mass is 16.6. The molecule has 0 unspecified atom stereocenters. The van der Waals surface area contributed by atoms with Crippen LogP contribution in [-0.4, -0.2) is 33.8 Å². The summed E-state index contributed by atoms with van der Waals surface area (Å²) >= 11 is 0. The maximum absolute atomic E-state index is 12.1. The molecule has 0 saturated carbocycles. The van der Waals surface area contributed by atoms with E-state index < -0.39 is 5.60 Å². The number of aromatic nitrogens is 2. The minimum absolute atomic E-state index is 0.0173. The number of H-pyrrole nitrogens is 1. The molecular formula is C16H24N3O3+. The summed E-state index contributed by atoms with van der Waals surface area (Å²) in [6.07, 6.45) is 1.57. The van der Waals surface area contributed by atoms with Crippen molar-refractivity contribution in [1.29, 1.82) is 0 Å². The van der Waals surface area contributed by atoms with Gasteiger partial charge in [-0.15, -0.1) is 4.68 Å². The van der Waals surface area contributed by atoms with Crippen LogP contribution in [0.1, 0.15) is 31.9 Å². The zero-order chi connectivity index (χ0) is 16.5. The molecule has 0 aliphatic carbocycles. The number of nitrogens with zero attached hydrogens (tertiary/aromatic N) is 2. The average molecular weight is 306 g/mol. The molecule has 0 spiro atoms. The fourth-order valence-corrected chi connectivity index (χ4v) is 2.32. The Morgan fingerprint density at radius 1 is 1.36 bits per heavy atom. The van der Waals surface area contributed by atoms with E-state index in [0.29, 0.717) is 6.54 Å². The van der Waals surface area contributed by atoms with Crippen LogP contribution >= 0.6 is 0 Å². The van der Waals surface area contributed by atoms with E-state index in [0.717, 1.165) is 22.0 Å². The predicted molar refractivity (Wildman–Crippen MR) is 83.1 cm³/mol. The van der Waals surface area contributed by atoms with E-state index >= 15 is 0 Å². The van der Waals surface area contributed by atoms with Crippen molar-refractivity contribution >= 4 is 17.0 Å². The minimum Gasteiger partial charge on any atom is -0.444 e. The van der Waals surface area contributed by atoms with Gasteiger partial charge in [0.25, 0.3) is 0 Å². The largest absolute Gasteiger partial charge is 0.444 e. The molecule has 0 aliphatic rings. The number of aromatic amines is 1. The highest BCUT2D eigenvalue weighted by Crippen LogP contribution is 2.22. The number of rotatable bonds is 3. The van der Waals surface area contributed by atoms with Gasteiger partial charge < -0.3 is 14.7 Å². The number of hydrogen-bond donors (Lipinski definition) is 2. The summed E-state index contributed by atoms with van der Waals surface area (Å²) in [6.45, 7) is 5.95. The van der Waals surface area contributed by atoms with Crippen LogP contribution in [0.25, 0.3) is 10.9 Å². The summed E-state index contributed by atoms with van der Waals surface area (Å²) in [6, 6.07) is 3.81. The summed E-state index contributed by atoms with van der Waals surface area (Å²) in [7, 11) is 3.60. The Balaban J connectivity index is 2.27. The second-order valence-electron chi connectivity index (χ2n) is 6.52. The van der Waals surface area contributed by atoms with Crippen LogP contribution in [-0.2, 0) is 24.9 Å². The van der Waals surface area contributed by atoms with Crippen LogP contribution in [0.2, 0.25) is 0 Å². The van der Waals surface area contributed by atoms with Gasteiger partial charge in [0.05, 0.1) is 18.5 Å². The molecule has 0 saturated heterocycles. The van der Waals surface area contributed by atoms with Crippen LogP contribution in [0.5, 0.6) is 0 Å². The van der Waals surface area contributed by atoms with Crippen LogP contribution in [0, 0.1) is 0 Å². The van der Waals surface area contributed by atoms with E-state index in [1.807, 2.05) is 50.8 Å². The van der Waals surface area contributed by atoms with Crippen molar-refractivity contribution in [3.63, 3.8) is 0 Å². The fraction of sp³-hybridized carbons (Fsp3) is 0.500. The topological polar surface area (TPSA) is 69.4 Å². The Morgan fingerprint density at radius 3 is 2.59 bits per heavy atom. The van der Waals surface area contributed by atoms with Crippen molar-refractivity contribution < 1.29 is 19.3 Å². The molecule has 2 aromatic rings. The molecule has 22 heavy (non-hydrogen) atoms. The third-order valence-electron chi connectivity index (χ3n) is 3.32. The van der Waals surface area contributed by atoms with E-state index in [9.17, 15) is 9.90 Å². The Morgan fingerprint density at radius 2 is 2.00 bits per heavy atom. The molecule has 0 aliphatic heterocycles. The molecule has 1 aromatic heterocycles. The van der Waals surface area contributed by atoms with Gasteiger partial charge in [-0.1, -0.05) is 12.1 Å². The minimum atomic E-state index is -0.514. The average Bonchev–Trinajstić information content (AvgIpc) is 2.79. The first kappa shape index (κ1) is 16.3. The van der Waals surface area contributed by atoms with E-state index in [1.54, 1.807) is 11.9 Å². The molecule has 1 heterocycles. The molecule has 6 nitrogen and oxygen atoms in total. The Bertz CT molecular complexity index is 686. The molecule has 120 valence electrons. The number of ether oxygens (including phenoxy) is 1. The number of hydrogen-bond acceptors (Lipinski definition) is 3. The van der Waals surface area contributed by atoms with Crippen molar-refractivity contribution in [3.05, 3.63) is 29.5 Å². The molecule has 0 bridgehead atoms. The lowest BCUT2D eigenvalue weighted by Gasteiger charge is -2.24. The zero-order valence-corrected chi connectivity index (χ0v) is 13.8. The smallest absolute Gasteiger partial charge is 0.410 e. The lowest BCUT2D eigenvalue weighted by atomic mass is 10.1. The van der Waals surface area contributed by atoms with Crippen LogP contribution in [0.3, 0.4) is 0 Å². The number of amides is 1. The lowest BCUT2D eigenvalue weighted by molar-refractivity contribution is -0.724. The number of benzene rings is 1. The van der Waals surface area contributed by atoms with E-state index in [-0.39, 0.29) is 12.7 Å². The number of nitrogens with one attached hydrogen (secondary N) is 1. The monoisotopic (exact) mass is 306 g/mol. The summed E-state index contributed by atoms with van der Waals surface area (Å²) in [4.78, 5) is 13.6. The Hall–Kier alpha value is -2.08. The predicted octanol–water partition coefficient (Wildman–Crippen LogP) is 1.85. The molecule has 2 N–H and O–H groups in total. The fourth-order valence-electron chi connectivity index (χ4n) is 2.32. The summed E-state index contributed by atoms with van der Waals surface area (Å²) in [5.74, 6) is 0. The van der Waals surface area contributed by atoms with Crippen molar-refractivity contribution in [2.75, 3.05) is 7.05 Å². The molecule has 0 atom stereocenters.